The molecular weight excluding hydrogens is 272 g/mol. The lowest BCUT2D eigenvalue weighted by Crippen LogP contribution is -2.48. The number of aryl methyl sites for hydroxylation is 1. The van der Waals surface area contributed by atoms with Gasteiger partial charge in [-0.3, -0.25) is 4.79 Å². The van der Waals surface area contributed by atoms with Gasteiger partial charge in [0.2, 0.25) is 5.91 Å². The zero-order valence-electron chi connectivity index (χ0n) is 11.9. The molecule has 1 aromatic rings. The van der Waals surface area contributed by atoms with Crippen molar-refractivity contribution in [3.63, 3.8) is 0 Å². The van der Waals surface area contributed by atoms with Crippen LogP contribution < -0.4 is 10.6 Å². The Bertz CT molecular complexity index is 448. The molecule has 20 heavy (non-hydrogen) atoms. The van der Waals surface area contributed by atoms with Crippen LogP contribution in [0.4, 0.5) is 0 Å². The summed E-state index contributed by atoms with van der Waals surface area (Å²) >= 11 is 0. The number of piperidine rings is 1. The first-order valence-corrected chi connectivity index (χ1v) is 7.30. The summed E-state index contributed by atoms with van der Waals surface area (Å²) in [5.41, 5.74) is 2.33. The Morgan fingerprint density at radius 1 is 1.20 bits per heavy atom. The Labute approximate surface area is 126 Å². The smallest absolute Gasteiger partial charge is 0.224 e. The molecule has 2 unspecified atom stereocenters. The van der Waals surface area contributed by atoms with E-state index in [1.807, 2.05) is 12.1 Å². The zero-order valence-corrected chi connectivity index (χ0v) is 12.7. The molecule has 0 aromatic heterocycles. The average Bonchev–Trinajstić information content (AvgIpc) is 2.72. The summed E-state index contributed by atoms with van der Waals surface area (Å²) in [5.74, 6) is 0.162. The number of benzene rings is 1. The first-order valence-electron chi connectivity index (χ1n) is 7.30. The Morgan fingerprint density at radius 2 is 1.80 bits per heavy atom. The fraction of sp³-hybridized carbons (Fsp3) is 0.562. The van der Waals surface area contributed by atoms with Gasteiger partial charge >= 0.3 is 0 Å². The van der Waals surface area contributed by atoms with Crippen LogP contribution in [-0.2, 0) is 11.2 Å². The van der Waals surface area contributed by atoms with E-state index < -0.39 is 0 Å². The molecule has 0 spiro atoms. The van der Waals surface area contributed by atoms with Crippen LogP contribution in [0.1, 0.15) is 36.8 Å². The van der Waals surface area contributed by atoms with Crippen molar-refractivity contribution in [3.8, 4) is 0 Å². The van der Waals surface area contributed by atoms with E-state index in [0.717, 1.165) is 18.4 Å². The van der Waals surface area contributed by atoms with Crippen molar-refractivity contribution in [1.82, 2.24) is 10.6 Å². The van der Waals surface area contributed by atoms with Crippen LogP contribution >= 0.6 is 12.4 Å². The Kier molecular flexibility index (Phi) is 5.06. The minimum Gasteiger partial charge on any atom is -0.353 e. The van der Waals surface area contributed by atoms with Gasteiger partial charge in [-0.15, -0.1) is 12.4 Å². The minimum absolute atomic E-state index is 0. The summed E-state index contributed by atoms with van der Waals surface area (Å²) in [4.78, 5) is 12.1. The minimum atomic E-state index is 0. The summed E-state index contributed by atoms with van der Waals surface area (Å²) < 4.78 is 0. The standard InChI is InChI=1S/C16H22N2O.ClH/c1-11-2-4-12(5-3-11)8-16(19)18-15-9-13-6-7-14(10-15)17-13;/h2-5,13-15,17H,6-10H2,1H3,(H,18,19);1H. The molecule has 2 heterocycles. The number of halogens is 1. The van der Waals surface area contributed by atoms with Crippen molar-refractivity contribution in [3.05, 3.63) is 35.4 Å². The first kappa shape index (κ1) is 15.3. The molecule has 3 rings (SSSR count). The second-order valence-electron chi connectivity index (χ2n) is 6.04. The molecule has 110 valence electrons. The predicted octanol–water partition coefficient (Wildman–Crippen LogP) is 2.36. The molecular formula is C16H23ClN2O. The van der Waals surface area contributed by atoms with Gasteiger partial charge in [-0.25, -0.2) is 0 Å². The fourth-order valence-corrected chi connectivity index (χ4v) is 3.35. The van der Waals surface area contributed by atoms with E-state index in [1.54, 1.807) is 0 Å². The molecule has 0 aliphatic carbocycles. The number of fused-ring (bicyclic) bond motifs is 2. The fourth-order valence-electron chi connectivity index (χ4n) is 3.35. The molecule has 2 saturated heterocycles. The summed E-state index contributed by atoms with van der Waals surface area (Å²) in [6.07, 6.45) is 5.23. The van der Waals surface area contributed by atoms with Crippen LogP contribution in [0.2, 0.25) is 0 Å². The van der Waals surface area contributed by atoms with E-state index in [-0.39, 0.29) is 18.3 Å². The molecule has 0 radical (unpaired) electrons. The Balaban J connectivity index is 0.00000147. The number of hydrogen-bond acceptors (Lipinski definition) is 2. The molecule has 4 heteroatoms. The van der Waals surface area contributed by atoms with Gasteiger partial charge in [0, 0.05) is 18.1 Å². The third-order valence-corrected chi connectivity index (χ3v) is 4.32. The molecule has 0 saturated carbocycles. The molecule has 3 nitrogen and oxygen atoms in total. The number of hydrogen-bond donors (Lipinski definition) is 2. The van der Waals surface area contributed by atoms with Crippen LogP contribution in [0, 0.1) is 6.92 Å². The topological polar surface area (TPSA) is 41.1 Å². The summed E-state index contributed by atoms with van der Waals surface area (Å²) in [6, 6.07) is 9.84. The van der Waals surface area contributed by atoms with Crippen LogP contribution in [0.25, 0.3) is 0 Å². The number of amides is 1. The van der Waals surface area contributed by atoms with Crippen LogP contribution in [-0.4, -0.2) is 24.0 Å². The van der Waals surface area contributed by atoms with Gasteiger partial charge in [0.05, 0.1) is 6.42 Å². The number of rotatable bonds is 3. The molecule has 2 fully saturated rings. The molecule has 2 aliphatic heterocycles. The lowest BCUT2D eigenvalue weighted by molar-refractivity contribution is -0.121. The normalized spacial score (nSPS) is 27.8. The summed E-state index contributed by atoms with van der Waals surface area (Å²) in [5, 5.41) is 6.80. The van der Waals surface area contributed by atoms with Crippen molar-refractivity contribution in [2.75, 3.05) is 0 Å². The maximum atomic E-state index is 12.1. The van der Waals surface area contributed by atoms with E-state index in [0.29, 0.717) is 24.5 Å². The van der Waals surface area contributed by atoms with Crippen LogP contribution in [0.5, 0.6) is 0 Å². The van der Waals surface area contributed by atoms with E-state index in [1.165, 1.54) is 18.4 Å². The van der Waals surface area contributed by atoms with Crippen molar-refractivity contribution in [1.29, 1.82) is 0 Å². The van der Waals surface area contributed by atoms with Gasteiger partial charge < -0.3 is 10.6 Å². The highest BCUT2D eigenvalue weighted by molar-refractivity contribution is 5.85. The molecule has 2 atom stereocenters. The van der Waals surface area contributed by atoms with Crippen molar-refractivity contribution < 1.29 is 4.79 Å². The number of carbonyl (C=O) groups excluding carboxylic acids is 1. The molecule has 1 amide bonds. The maximum absolute atomic E-state index is 12.1. The molecule has 2 bridgehead atoms. The van der Waals surface area contributed by atoms with E-state index in [2.05, 4.69) is 29.7 Å². The van der Waals surface area contributed by atoms with Crippen LogP contribution in [0.15, 0.2) is 24.3 Å². The van der Waals surface area contributed by atoms with Gasteiger partial charge in [0.25, 0.3) is 0 Å². The van der Waals surface area contributed by atoms with E-state index in [9.17, 15) is 4.79 Å². The summed E-state index contributed by atoms with van der Waals surface area (Å²) in [6.45, 7) is 2.06. The zero-order chi connectivity index (χ0) is 13.2. The lowest BCUT2D eigenvalue weighted by atomic mass is 9.99. The highest BCUT2D eigenvalue weighted by Crippen LogP contribution is 2.26. The first-order chi connectivity index (χ1) is 9.19. The number of nitrogens with one attached hydrogen (secondary N) is 2. The Morgan fingerprint density at radius 3 is 2.40 bits per heavy atom. The predicted molar refractivity (Wildman–Crippen MR) is 83.2 cm³/mol. The highest BCUT2D eigenvalue weighted by Gasteiger charge is 2.33. The second kappa shape index (κ2) is 6.59. The van der Waals surface area contributed by atoms with Gasteiger partial charge in [0.15, 0.2) is 0 Å². The van der Waals surface area contributed by atoms with Gasteiger partial charge in [-0.05, 0) is 38.2 Å². The quantitative estimate of drug-likeness (QED) is 0.898. The van der Waals surface area contributed by atoms with Crippen molar-refractivity contribution in [2.45, 2.75) is 57.2 Å². The largest absolute Gasteiger partial charge is 0.353 e. The second-order valence-corrected chi connectivity index (χ2v) is 6.04. The third-order valence-electron chi connectivity index (χ3n) is 4.32. The van der Waals surface area contributed by atoms with Crippen molar-refractivity contribution in [2.24, 2.45) is 0 Å². The van der Waals surface area contributed by atoms with Gasteiger partial charge in [-0.2, -0.15) is 0 Å². The van der Waals surface area contributed by atoms with Crippen molar-refractivity contribution >= 4 is 18.3 Å². The highest BCUT2D eigenvalue weighted by atomic mass is 35.5. The lowest BCUT2D eigenvalue weighted by Gasteiger charge is -2.29. The maximum Gasteiger partial charge on any atom is 0.224 e. The number of carbonyl (C=O) groups is 1. The molecule has 1 aromatic carbocycles. The monoisotopic (exact) mass is 294 g/mol. The molecule has 2 aliphatic rings. The van der Waals surface area contributed by atoms with Crippen LogP contribution in [0.3, 0.4) is 0 Å². The summed E-state index contributed by atoms with van der Waals surface area (Å²) in [7, 11) is 0. The van der Waals surface area contributed by atoms with Gasteiger partial charge in [0.1, 0.15) is 0 Å². The average molecular weight is 295 g/mol. The van der Waals surface area contributed by atoms with E-state index in [4.69, 9.17) is 0 Å². The van der Waals surface area contributed by atoms with Gasteiger partial charge in [-0.1, -0.05) is 29.8 Å². The third kappa shape index (κ3) is 3.74. The van der Waals surface area contributed by atoms with E-state index >= 15 is 0 Å². The SMILES string of the molecule is Cc1ccc(CC(=O)NC2CC3CCC(C2)N3)cc1.Cl. The molecule has 2 N–H and O–H groups in total. The Hall–Kier alpha value is -1.06.